The second-order valence-electron chi connectivity index (χ2n) is 18.1. The summed E-state index contributed by atoms with van der Waals surface area (Å²) in [6.07, 6.45) is 38.5. The Bertz CT molecular complexity index is 1650. The third-order valence-corrected chi connectivity index (χ3v) is 15.3. The first-order chi connectivity index (χ1) is 28.0. The molecule has 0 radical (unpaired) electrons. The first kappa shape index (κ1) is 51.2. The van der Waals surface area contributed by atoms with Gasteiger partial charge in [-0.05, 0) is 128 Å². The number of nitrogens with zero attached hydrogens (tertiary/aromatic N) is 1. The topological polar surface area (TPSA) is 69.6 Å². The summed E-state index contributed by atoms with van der Waals surface area (Å²) in [4.78, 5) is 27.5. The molecule has 4 saturated carbocycles. The van der Waals surface area contributed by atoms with Crippen molar-refractivity contribution in [1.82, 2.24) is 10.2 Å². The van der Waals surface area contributed by atoms with Crippen LogP contribution in [0.5, 0.6) is 0 Å². The molecule has 1 amide bonds. The Balaban J connectivity index is 0.00000100. The van der Waals surface area contributed by atoms with Gasteiger partial charge in [0.25, 0.3) is 5.92 Å². The minimum absolute atomic E-state index is 0.0242. The number of amides is 1. The number of halogens is 3. The molecule has 5 fully saturated rings. The van der Waals surface area contributed by atoms with Crippen LogP contribution in [0.15, 0.2) is 36.9 Å². The van der Waals surface area contributed by atoms with Gasteiger partial charge in [-0.3, -0.25) is 4.79 Å². The van der Waals surface area contributed by atoms with E-state index in [1.807, 2.05) is 20.8 Å². The molecule has 0 bridgehead atoms. The van der Waals surface area contributed by atoms with Gasteiger partial charge in [-0.1, -0.05) is 66.2 Å². The lowest BCUT2D eigenvalue weighted by Crippen LogP contribution is -2.62. The molecule has 2 N–H and O–H groups in total. The van der Waals surface area contributed by atoms with E-state index in [4.69, 9.17) is 0 Å². The van der Waals surface area contributed by atoms with E-state index in [0.29, 0.717) is 61.3 Å². The minimum atomic E-state index is -2.55. The molecule has 0 aromatic heterocycles. The number of carboxylic acid groups (broad SMARTS) is 1. The second kappa shape index (κ2) is 21.5. The maximum absolute atomic E-state index is 15.4. The molecule has 1 aromatic rings. The number of carbonyl (C=O) groups excluding carboxylic acids is 1. The number of aromatic carboxylic acids is 1. The number of fused-ring (bicyclic) bond motifs is 7. The number of rotatable bonds is 6. The molecule has 1 aromatic carbocycles. The van der Waals surface area contributed by atoms with Crippen LogP contribution in [0.4, 0.5) is 13.2 Å². The standard InChI is InChI=1S/C40H55F3N2O3.C3H6.C2H6.3C2H2/c1-36(2)28(27-8-7-25(34(46)47)24-31(27)41)11-15-38(4)32(36)13-16-37(3)29-12-17-39(14-5-6-30(39)26(29)9-10-33(37)38)35(48)44-20-23-45-21-18-40(42,43)19-22-45;1-3-2;4*1-2/h7-8,11,24,26,29-30,32-33H,5-6,9-10,12-23H2,1-4H3,(H,44,48)(H,46,47);3H,1H2,2H3;1-2H3;3*1-2H/t26-,29?,30?,32?,33?,37-,38-,39-;;;;;/m0...../s1. The van der Waals surface area contributed by atoms with E-state index in [9.17, 15) is 23.5 Å². The van der Waals surface area contributed by atoms with Crippen molar-refractivity contribution in [3.8, 4) is 38.5 Å². The van der Waals surface area contributed by atoms with Crippen molar-refractivity contribution >= 4 is 17.4 Å². The minimum Gasteiger partial charge on any atom is -0.478 e. The highest BCUT2D eigenvalue weighted by molar-refractivity contribution is 5.88. The normalized spacial score (nSPS) is 33.0. The zero-order chi connectivity index (χ0) is 45.0. The molecule has 6 aliphatic rings. The Labute approximate surface area is 355 Å². The Hall–Kier alpha value is -3.93. The van der Waals surface area contributed by atoms with Gasteiger partial charge in [0.1, 0.15) is 5.82 Å². The lowest BCUT2D eigenvalue weighted by atomic mass is 9.36. The molecular weight excluding hydrogens is 746 g/mol. The zero-order valence-corrected chi connectivity index (χ0v) is 37.1. The number of carbonyl (C=O) groups is 2. The number of benzene rings is 1. The molecule has 8 heteroatoms. The molecule has 0 spiro atoms. The number of carboxylic acids is 1. The van der Waals surface area contributed by atoms with Gasteiger partial charge in [-0.25, -0.2) is 18.0 Å². The van der Waals surface area contributed by atoms with Crippen LogP contribution >= 0.6 is 0 Å². The van der Waals surface area contributed by atoms with E-state index in [-0.39, 0.29) is 46.0 Å². The summed E-state index contributed by atoms with van der Waals surface area (Å²) in [5, 5.41) is 12.7. The van der Waals surface area contributed by atoms with Gasteiger partial charge < -0.3 is 15.3 Å². The monoisotopic (exact) mass is 819 g/mol. The summed E-state index contributed by atoms with van der Waals surface area (Å²) in [5.41, 5.74) is 1.26. The van der Waals surface area contributed by atoms with Crippen molar-refractivity contribution < 1.29 is 27.9 Å². The number of alkyl halides is 2. The number of likely N-dealkylation sites (tertiary alicyclic amines) is 1. The van der Waals surface area contributed by atoms with Crippen LogP contribution in [-0.4, -0.2) is 54.0 Å². The number of allylic oxidation sites excluding steroid dienone is 3. The quantitative estimate of drug-likeness (QED) is 0.222. The number of piperidine rings is 1. The van der Waals surface area contributed by atoms with Gasteiger partial charge in [0.05, 0.1) is 11.0 Å². The summed E-state index contributed by atoms with van der Waals surface area (Å²) >= 11 is 0. The molecule has 5 nitrogen and oxygen atoms in total. The fourth-order valence-corrected chi connectivity index (χ4v) is 13.1. The largest absolute Gasteiger partial charge is 0.478 e. The Kier molecular flexibility index (Phi) is 18.7. The van der Waals surface area contributed by atoms with Crippen LogP contribution in [0.25, 0.3) is 5.57 Å². The molecule has 59 heavy (non-hydrogen) atoms. The summed E-state index contributed by atoms with van der Waals surface area (Å²) in [6, 6.07) is 4.34. The lowest BCUT2D eigenvalue weighted by Gasteiger charge is -2.68. The Morgan fingerprint density at radius 2 is 1.47 bits per heavy atom. The smallest absolute Gasteiger partial charge is 0.335 e. The third-order valence-electron chi connectivity index (χ3n) is 15.3. The number of hydrogen-bond donors (Lipinski definition) is 2. The van der Waals surface area contributed by atoms with Gasteiger partial charge in [0.15, 0.2) is 0 Å². The van der Waals surface area contributed by atoms with E-state index >= 15 is 4.39 Å². The predicted octanol–water partition coefficient (Wildman–Crippen LogP) is 11.8. The van der Waals surface area contributed by atoms with Crippen molar-refractivity contribution in [2.75, 3.05) is 26.2 Å². The van der Waals surface area contributed by atoms with Crippen LogP contribution in [0.2, 0.25) is 0 Å². The SMILES string of the molecule is C#C.C#C.C#C.C=CC.CC.CC1(C)C(c2ccc(C(=O)O)cc2F)=CC[C@@]2(C)C1CC[C@@]1(C)C3CC[C@@]4(C(=O)NCCN5CCC(F)(F)CC5)CCCC4[C@H]3CCC12. The zero-order valence-electron chi connectivity index (χ0n) is 37.1. The van der Waals surface area contributed by atoms with Crippen molar-refractivity contribution in [2.24, 2.45) is 51.2 Å². The van der Waals surface area contributed by atoms with Crippen LogP contribution in [-0.2, 0) is 4.79 Å². The van der Waals surface area contributed by atoms with Crippen molar-refractivity contribution in [2.45, 2.75) is 131 Å². The average molecular weight is 819 g/mol. The number of hydrogen-bond acceptors (Lipinski definition) is 3. The Morgan fingerprint density at radius 1 is 0.864 bits per heavy atom. The highest BCUT2D eigenvalue weighted by atomic mass is 19.3. The summed E-state index contributed by atoms with van der Waals surface area (Å²) < 4.78 is 42.6. The van der Waals surface area contributed by atoms with Gasteiger partial charge >= 0.3 is 5.97 Å². The highest BCUT2D eigenvalue weighted by Gasteiger charge is 2.66. The predicted molar refractivity (Wildman–Crippen MR) is 238 cm³/mol. The van der Waals surface area contributed by atoms with Gasteiger partial charge in [0, 0.05) is 44.6 Å². The van der Waals surface area contributed by atoms with E-state index in [0.717, 1.165) is 69.4 Å². The van der Waals surface area contributed by atoms with Crippen molar-refractivity contribution in [3.05, 3.63) is 53.9 Å². The van der Waals surface area contributed by atoms with E-state index in [2.05, 4.69) is 89.1 Å². The summed E-state index contributed by atoms with van der Waals surface area (Å²) in [5.74, 6) is -1.39. The molecule has 326 valence electrons. The van der Waals surface area contributed by atoms with Crippen molar-refractivity contribution in [1.29, 1.82) is 0 Å². The Morgan fingerprint density at radius 3 is 2.05 bits per heavy atom. The molecular formula is C51H73F3N2O3. The molecule has 1 saturated heterocycles. The molecule has 8 atom stereocenters. The molecule has 1 heterocycles. The van der Waals surface area contributed by atoms with E-state index < -0.39 is 17.7 Å². The fraction of sp³-hybridized carbons (Fsp3) is 0.647. The van der Waals surface area contributed by atoms with Crippen LogP contribution < -0.4 is 5.32 Å². The molecule has 7 rings (SSSR count). The van der Waals surface area contributed by atoms with Crippen LogP contribution in [0.3, 0.4) is 0 Å². The number of nitrogens with one attached hydrogen (secondary N) is 1. The van der Waals surface area contributed by atoms with Gasteiger partial charge in [0.2, 0.25) is 5.91 Å². The first-order valence-corrected chi connectivity index (χ1v) is 21.7. The molecule has 4 unspecified atom stereocenters. The molecule has 5 aliphatic carbocycles. The van der Waals surface area contributed by atoms with E-state index in [1.54, 1.807) is 12.1 Å². The van der Waals surface area contributed by atoms with Crippen LogP contribution in [0, 0.1) is 95.6 Å². The van der Waals surface area contributed by atoms with Gasteiger partial charge in [-0.15, -0.1) is 45.1 Å². The summed E-state index contributed by atoms with van der Waals surface area (Å²) in [7, 11) is 0. The summed E-state index contributed by atoms with van der Waals surface area (Å²) in [6.45, 7) is 20.8. The fourth-order valence-electron chi connectivity index (χ4n) is 13.1. The van der Waals surface area contributed by atoms with Gasteiger partial charge in [-0.2, -0.15) is 0 Å². The van der Waals surface area contributed by atoms with Crippen LogP contribution in [0.1, 0.15) is 141 Å². The second-order valence-corrected chi connectivity index (χ2v) is 18.1. The third kappa shape index (κ3) is 10.0. The van der Waals surface area contributed by atoms with E-state index in [1.165, 1.54) is 12.5 Å². The maximum atomic E-state index is 15.4. The first-order valence-electron chi connectivity index (χ1n) is 21.7. The maximum Gasteiger partial charge on any atom is 0.335 e. The highest BCUT2D eigenvalue weighted by Crippen LogP contribution is 2.73. The van der Waals surface area contributed by atoms with Crippen molar-refractivity contribution in [3.63, 3.8) is 0 Å². The molecule has 1 aliphatic heterocycles. The lowest BCUT2D eigenvalue weighted by molar-refractivity contribution is -0.181. The average Bonchev–Trinajstić information content (AvgIpc) is 3.68. The number of terminal acetylenes is 3.